The molecule has 1 fully saturated rings. The Bertz CT molecular complexity index is 1160. The largest absolute Gasteiger partial charge is 0.444 e. The Labute approximate surface area is 363 Å². The second kappa shape index (κ2) is 34.8. The van der Waals surface area contributed by atoms with Crippen LogP contribution in [0.4, 0.5) is 4.79 Å². The summed E-state index contributed by atoms with van der Waals surface area (Å²) in [6.07, 6.45) is 27.5. The molecule has 1 rings (SSSR count). The van der Waals surface area contributed by atoms with Crippen molar-refractivity contribution < 1.29 is 44.0 Å². The number of carbonyl (C=O) groups is 4. The molecule has 13 heteroatoms. The zero-order chi connectivity index (χ0) is 44.4. The fourth-order valence-corrected chi connectivity index (χ4v) is 7.47. The fraction of sp³-hybridized carbons (Fsp3) is 0.872. The van der Waals surface area contributed by atoms with Crippen LogP contribution in [-0.2, 0) is 23.9 Å². The van der Waals surface area contributed by atoms with Gasteiger partial charge < -0.3 is 45.6 Å². The van der Waals surface area contributed by atoms with Crippen LogP contribution in [0.1, 0.15) is 202 Å². The van der Waals surface area contributed by atoms with E-state index in [0.717, 1.165) is 57.8 Å². The molecule has 0 aliphatic carbocycles. The van der Waals surface area contributed by atoms with Gasteiger partial charge in [-0.2, -0.15) is 0 Å². The number of ether oxygens (including phenoxy) is 2. The lowest BCUT2D eigenvalue weighted by molar-refractivity contribution is -0.231. The Morgan fingerprint density at radius 3 is 1.60 bits per heavy atom. The molecule has 350 valence electrons. The lowest BCUT2D eigenvalue weighted by atomic mass is 9.94. The number of aliphatic hydroxyl groups is 3. The highest BCUT2D eigenvalue weighted by molar-refractivity contribution is 5.87. The first-order chi connectivity index (χ1) is 28.8. The summed E-state index contributed by atoms with van der Waals surface area (Å²) < 4.78 is 11.2. The van der Waals surface area contributed by atoms with E-state index in [1.807, 2.05) is 0 Å². The van der Waals surface area contributed by atoms with Crippen molar-refractivity contribution >= 4 is 23.8 Å². The van der Waals surface area contributed by atoms with Crippen LogP contribution in [0.5, 0.6) is 0 Å². The first kappa shape index (κ1) is 55.3. The second-order valence-corrected chi connectivity index (χ2v) is 17.8. The first-order valence-electron chi connectivity index (χ1n) is 23.9. The van der Waals surface area contributed by atoms with Gasteiger partial charge in [0.1, 0.15) is 36.5 Å². The van der Waals surface area contributed by atoms with Crippen molar-refractivity contribution in [3.8, 4) is 0 Å². The van der Waals surface area contributed by atoms with Gasteiger partial charge in [0.05, 0.1) is 13.2 Å². The van der Waals surface area contributed by atoms with E-state index < -0.39 is 73.8 Å². The van der Waals surface area contributed by atoms with Crippen molar-refractivity contribution in [1.29, 1.82) is 0 Å². The minimum Gasteiger partial charge on any atom is -0.444 e. The van der Waals surface area contributed by atoms with Gasteiger partial charge in [-0.3, -0.25) is 14.4 Å². The van der Waals surface area contributed by atoms with Gasteiger partial charge in [0, 0.05) is 13.0 Å². The summed E-state index contributed by atoms with van der Waals surface area (Å²) in [5.41, 5.74) is -0.744. The Morgan fingerprint density at radius 2 is 1.10 bits per heavy atom. The van der Waals surface area contributed by atoms with Crippen molar-refractivity contribution in [2.24, 2.45) is 0 Å². The maximum absolute atomic E-state index is 14.0. The molecule has 13 nitrogen and oxygen atoms in total. The molecular formula is C47H88N4O9. The summed E-state index contributed by atoms with van der Waals surface area (Å²) in [6, 6.07) is -1.23. The fourth-order valence-electron chi connectivity index (χ4n) is 7.47. The number of carbonyl (C=O) groups excluding carboxylic acids is 4. The summed E-state index contributed by atoms with van der Waals surface area (Å²) in [5, 5.41) is 39.5. The Hall–Kier alpha value is -2.74. The van der Waals surface area contributed by atoms with Gasteiger partial charge in [0.15, 0.2) is 6.23 Å². The highest BCUT2D eigenvalue weighted by Gasteiger charge is 2.48. The van der Waals surface area contributed by atoms with Crippen molar-refractivity contribution in [2.45, 2.75) is 238 Å². The van der Waals surface area contributed by atoms with Crippen LogP contribution >= 0.6 is 0 Å². The maximum Gasteiger partial charge on any atom is 0.408 e. The summed E-state index contributed by atoms with van der Waals surface area (Å²) in [4.78, 5) is 53.0. The average molecular weight is 853 g/mol. The van der Waals surface area contributed by atoms with Gasteiger partial charge >= 0.3 is 6.09 Å². The van der Waals surface area contributed by atoms with Crippen molar-refractivity contribution in [2.75, 3.05) is 26.2 Å². The summed E-state index contributed by atoms with van der Waals surface area (Å²) in [5.74, 6) is -1.51. The number of allylic oxidation sites excluding steroid dienone is 2. The van der Waals surface area contributed by atoms with Crippen molar-refractivity contribution in [3.05, 3.63) is 12.2 Å². The Balaban J connectivity index is 2.81. The van der Waals surface area contributed by atoms with Crippen molar-refractivity contribution in [3.63, 3.8) is 0 Å². The van der Waals surface area contributed by atoms with E-state index in [0.29, 0.717) is 19.4 Å². The second-order valence-electron chi connectivity index (χ2n) is 17.8. The molecule has 5 atom stereocenters. The summed E-state index contributed by atoms with van der Waals surface area (Å²) in [6.45, 7) is 8.37. The van der Waals surface area contributed by atoms with E-state index >= 15 is 0 Å². The van der Waals surface area contributed by atoms with E-state index in [2.05, 4.69) is 41.9 Å². The van der Waals surface area contributed by atoms with Gasteiger partial charge in [-0.05, 0) is 59.3 Å². The molecule has 1 aliphatic rings. The molecule has 6 N–H and O–H groups in total. The molecule has 4 amide bonds. The number of nitrogens with one attached hydrogen (secondary N) is 3. The topological polar surface area (TPSA) is 187 Å². The van der Waals surface area contributed by atoms with E-state index in [4.69, 9.17) is 9.47 Å². The van der Waals surface area contributed by atoms with Crippen LogP contribution in [0, 0.1) is 0 Å². The van der Waals surface area contributed by atoms with Gasteiger partial charge in [-0.15, -0.1) is 0 Å². The molecule has 0 spiro atoms. The molecule has 0 saturated carbocycles. The number of amides is 4. The van der Waals surface area contributed by atoms with Crippen LogP contribution < -0.4 is 16.0 Å². The molecule has 60 heavy (non-hydrogen) atoms. The first-order valence-corrected chi connectivity index (χ1v) is 23.9. The molecular weight excluding hydrogens is 765 g/mol. The lowest BCUT2D eigenvalue weighted by Crippen LogP contribution is -2.69. The van der Waals surface area contributed by atoms with Crippen LogP contribution in [-0.4, -0.2) is 106 Å². The number of aliphatic hydroxyl groups excluding tert-OH is 3. The highest BCUT2D eigenvalue weighted by atomic mass is 16.6. The number of nitrogens with zero attached hydrogens (tertiary/aromatic N) is 1. The third-order valence-corrected chi connectivity index (χ3v) is 11.0. The zero-order valence-electron chi connectivity index (χ0n) is 38.5. The van der Waals surface area contributed by atoms with Crippen LogP contribution in [0.3, 0.4) is 0 Å². The Morgan fingerprint density at radius 1 is 0.633 bits per heavy atom. The van der Waals surface area contributed by atoms with Crippen molar-refractivity contribution in [1.82, 2.24) is 20.9 Å². The van der Waals surface area contributed by atoms with E-state index in [1.54, 1.807) is 25.7 Å². The van der Waals surface area contributed by atoms with Gasteiger partial charge in [-0.25, -0.2) is 4.79 Å². The minimum absolute atomic E-state index is 0.179. The molecule has 0 aromatic heterocycles. The number of rotatable bonds is 35. The normalized spacial score (nSPS) is 19.3. The number of hydrogen-bond donors (Lipinski definition) is 6. The maximum atomic E-state index is 14.0. The lowest BCUT2D eigenvalue weighted by Gasteiger charge is -2.47. The molecule has 0 aromatic rings. The quantitative estimate of drug-likeness (QED) is 0.0271. The molecule has 0 unspecified atom stereocenters. The average Bonchev–Trinajstić information content (AvgIpc) is 3.21. The number of alkyl carbamates (subject to hydrolysis) is 1. The minimum atomic E-state index is -1.56. The van der Waals surface area contributed by atoms with E-state index in [1.165, 1.54) is 89.9 Å². The zero-order valence-corrected chi connectivity index (χ0v) is 38.5. The van der Waals surface area contributed by atoms with Gasteiger partial charge in [-0.1, -0.05) is 148 Å². The molecule has 1 aliphatic heterocycles. The predicted octanol–water partition coefficient (Wildman–Crippen LogP) is 8.12. The SMILES string of the molecule is CCCCCCCCC=CCCCCCCCC(=O)N(CCCCCCCCCCCCCC)[C@@H]1O[C@H](CO)[C@@H](O)[C@H](O)[C@H]1NC(=O)CNC(=O)CNC(=O)OC(C)(C)C. The van der Waals surface area contributed by atoms with Crippen LogP contribution in [0.2, 0.25) is 0 Å². The predicted molar refractivity (Wildman–Crippen MR) is 239 cm³/mol. The monoisotopic (exact) mass is 853 g/mol. The van der Waals surface area contributed by atoms with Gasteiger partial charge in [0.25, 0.3) is 0 Å². The Kier molecular flexibility index (Phi) is 32.1. The van der Waals surface area contributed by atoms with E-state index in [-0.39, 0.29) is 12.3 Å². The third-order valence-electron chi connectivity index (χ3n) is 11.0. The van der Waals surface area contributed by atoms with Gasteiger partial charge in [0.2, 0.25) is 17.7 Å². The van der Waals surface area contributed by atoms with Crippen LogP contribution in [0.25, 0.3) is 0 Å². The molecule has 1 heterocycles. The number of unbranched alkanes of at least 4 members (excludes halogenated alkanes) is 22. The number of hydrogen-bond acceptors (Lipinski definition) is 9. The van der Waals surface area contributed by atoms with E-state index in [9.17, 15) is 34.5 Å². The molecule has 0 aromatic carbocycles. The van der Waals surface area contributed by atoms with Crippen LogP contribution in [0.15, 0.2) is 12.2 Å². The third kappa shape index (κ3) is 27.3. The highest BCUT2D eigenvalue weighted by Crippen LogP contribution is 2.26. The summed E-state index contributed by atoms with van der Waals surface area (Å²) >= 11 is 0. The standard InChI is InChI=1S/C47H88N4O9/c1-6-8-10-12-14-16-18-20-21-22-23-25-27-29-31-33-41(55)51(34-32-30-28-26-24-19-17-15-13-11-9-7-2)45-42(44(57)43(56)38(37-52)59-45)50-40(54)36-48-39(53)35-49-46(58)60-47(3,4)5/h20-21,38,42-45,52,56-57H,6-19,22-37H2,1-5H3,(H,48,53)(H,49,58)(H,50,54)/t38-,42-,43-,44-,45-/m1/s1. The molecule has 0 radical (unpaired) electrons. The molecule has 1 saturated heterocycles. The molecule has 0 bridgehead atoms. The smallest absolute Gasteiger partial charge is 0.408 e. The summed E-state index contributed by atoms with van der Waals surface area (Å²) in [7, 11) is 0.